The molecule has 1 N–H and O–H groups in total. The van der Waals surface area contributed by atoms with Gasteiger partial charge in [-0.05, 0) is 29.8 Å². The van der Waals surface area contributed by atoms with Crippen molar-refractivity contribution in [1.82, 2.24) is 4.98 Å². The largest absolute Gasteiger partial charge is 0.298 e. The molecule has 0 aliphatic rings. The van der Waals surface area contributed by atoms with Crippen molar-refractivity contribution in [2.24, 2.45) is 0 Å². The third kappa shape index (κ3) is 4.54. The molecule has 0 radical (unpaired) electrons. The molecule has 0 saturated heterocycles. The lowest BCUT2D eigenvalue weighted by Gasteiger charge is -1.96. The molecule has 0 unspecified atom stereocenters. The van der Waals surface area contributed by atoms with E-state index in [1.165, 1.54) is 42.5 Å². The van der Waals surface area contributed by atoms with Gasteiger partial charge in [0.25, 0.3) is 5.69 Å². The van der Waals surface area contributed by atoms with Crippen LogP contribution in [0.2, 0.25) is 0 Å². The lowest BCUT2D eigenvalue weighted by Crippen LogP contribution is -2.07. The first-order chi connectivity index (χ1) is 12.7. The number of amides is 1. The first kappa shape index (κ1) is 18.7. The molecule has 27 heavy (non-hydrogen) atoms. The molecular formula is C17H13N3O5S2. The Morgan fingerprint density at radius 2 is 2.04 bits per heavy atom. The molecule has 8 nitrogen and oxygen atoms in total. The maximum absolute atomic E-state index is 12.0. The highest BCUT2D eigenvalue weighted by atomic mass is 32.2. The number of fused-ring (bicyclic) bond motifs is 1. The van der Waals surface area contributed by atoms with E-state index in [2.05, 4.69) is 10.3 Å². The smallest absolute Gasteiger partial charge is 0.270 e. The number of thiazole rings is 1. The number of nitro benzene ring substituents is 1. The number of rotatable bonds is 5. The van der Waals surface area contributed by atoms with Gasteiger partial charge in [-0.25, -0.2) is 13.4 Å². The average Bonchev–Trinajstić information content (AvgIpc) is 3.00. The van der Waals surface area contributed by atoms with Gasteiger partial charge in [-0.15, -0.1) is 0 Å². The minimum absolute atomic E-state index is 0.0644. The van der Waals surface area contributed by atoms with Gasteiger partial charge in [0.05, 0.1) is 20.0 Å². The Morgan fingerprint density at radius 3 is 2.74 bits per heavy atom. The number of sulfone groups is 1. The number of nitro groups is 1. The van der Waals surface area contributed by atoms with E-state index in [0.29, 0.717) is 20.9 Å². The minimum Gasteiger partial charge on any atom is -0.298 e. The van der Waals surface area contributed by atoms with E-state index in [4.69, 9.17) is 0 Å². The second-order valence-corrected chi connectivity index (χ2v) is 8.64. The summed E-state index contributed by atoms with van der Waals surface area (Å²) in [6.07, 6.45) is 3.82. The van der Waals surface area contributed by atoms with E-state index in [-0.39, 0.29) is 10.6 Å². The predicted octanol–water partition coefficient (Wildman–Crippen LogP) is 3.26. The number of nitrogens with one attached hydrogen (secondary N) is 1. The third-order valence-corrected chi connectivity index (χ3v) is 5.57. The van der Waals surface area contributed by atoms with Crippen LogP contribution in [0, 0.1) is 10.1 Å². The van der Waals surface area contributed by atoms with Crippen LogP contribution in [0.5, 0.6) is 0 Å². The Bertz CT molecular complexity index is 1180. The number of hydrogen-bond donors (Lipinski definition) is 1. The van der Waals surface area contributed by atoms with Crippen molar-refractivity contribution in [2.45, 2.75) is 4.90 Å². The van der Waals surface area contributed by atoms with Gasteiger partial charge in [0.1, 0.15) is 0 Å². The summed E-state index contributed by atoms with van der Waals surface area (Å²) in [4.78, 5) is 26.7. The number of non-ortho nitro benzene ring substituents is 1. The van der Waals surface area contributed by atoms with Gasteiger partial charge in [-0.1, -0.05) is 23.5 Å². The summed E-state index contributed by atoms with van der Waals surface area (Å²) in [6, 6.07) is 10.4. The van der Waals surface area contributed by atoms with Gasteiger partial charge in [0, 0.05) is 24.5 Å². The monoisotopic (exact) mass is 403 g/mol. The Balaban J connectivity index is 1.76. The van der Waals surface area contributed by atoms with Gasteiger partial charge in [-0.2, -0.15) is 0 Å². The standard InChI is InChI=1S/C17H13N3O5S2/c1-27(24,25)13-6-7-14-15(10-13)26-17(18-14)19-16(21)8-5-11-3-2-4-12(9-11)20(22)23/h2-10H,1H3,(H,18,19,21)/b8-5+. The molecule has 1 heterocycles. The topological polar surface area (TPSA) is 119 Å². The van der Waals surface area contributed by atoms with Crippen LogP contribution in [0.1, 0.15) is 5.56 Å². The molecule has 1 aromatic heterocycles. The lowest BCUT2D eigenvalue weighted by molar-refractivity contribution is -0.384. The van der Waals surface area contributed by atoms with E-state index in [9.17, 15) is 23.3 Å². The van der Waals surface area contributed by atoms with Crippen LogP contribution in [0.3, 0.4) is 0 Å². The molecule has 138 valence electrons. The molecule has 1 amide bonds. The zero-order valence-corrected chi connectivity index (χ0v) is 15.6. The van der Waals surface area contributed by atoms with E-state index in [0.717, 1.165) is 17.6 Å². The number of nitrogens with zero attached hydrogens (tertiary/aromatic N) is 2. The van der Waals surface area contributed by atoms with Crippen molar-refractivity contribution in [3.8, 4) is 0 Å². The van der Waals surface area contributed by atoms with Crippen molar-refractivity contribution >= 4 is 54.2 Å². The molecule has 0 aliphatic carbocycles. The summed E-state index contributed by atoms with van der Waals surface area (Å²) < 4.78 is 23.9. The summed E-state index contributed by atoms with van der Waals surface area (Å²) in [5, 5.41) is 13.7. The van der Waals surface area contributed by atoms with Crippen LogP contribution in [0.25, 0.3) is 16.3 Å². The number of anilines is 1. The van der Waals surface area contributed by atoms with Crippen LogP contribution in [0.15, 0.2) is 53.4 Å². The second-order valence-electron chi connectivity index (χ2n) is 5.60. The highest BCUT2D eigenvalue weighted by Crippen LogP contribution is 2.28. The third-order valence-electron chi connectivity index (χ3n) is 3.53. The number of benzene rings is 2. The van der Waals surface area contributed by atoms with Crippen LogP contribution in [-0.2, 0) is 14.6 Å². The quantitative estimate of drug-likeness (QED) is 0.397. The van der Waals surface area contributed by atoms with Gasteiger partial charge in [0.2, 0.25) is 5.91 Å². The van der Waals surface area contributed by atoms with Gasteiger partial charge < -0.3 is 0 Å². The first-order valence-corrected chi connectivity index (χ1v) is 10.3. The number of hydrogen-bond acceptors (Lipinski definition) is 7. The Morgan fingerprint density at radius 1 is 1.26 bits per heavy atom. The van der Waals surface area contributed by atoms with Crippen LogP contribution < -0.4 is 5.32 Å². The van der Waals surface area contributed by atoms with Crippen LogP contribution in [0.4, 0.5) is 10.8 Å². The van der Waals surface area contributed by atoms with Gasteiger partial charge in [-0.3, -0.25) is 20.2 Å². The molecular weight excluding hydrogens is 390 g/mol. The van der Waals surface area contributed by atoms with Crippen molar-refractivity contribution in [2.75, 3.05) is 11.6 Å². The van der Waals surface area contributed by atoms with Crippen molar-refractivity contribution in [3.05, 3.63) is 64.2 Å². The zero-order chi connectivity index (χ0) is 19.6. The maximum atomic E-state index is 12.0. The van der Waals surface area contributed by atoms with Crippen LogP contribution in [-0.4, -0.2) is 30.5 Å². The maximum Gasteiger partial charge on any atom is 0.270 e. The molecule has 0 bridgehead atoms. The first-order valence-electron chi connectivity index (χ1n) is 7.56. The number of carbonyl (C=O) groups is 1. The highest BCUT2D eigenvalue weighted by molar-refractivity contribution is 7.90. The van der Waals surface area contributed by atoms with Crippen molar-refractivity contribution < 1.29 is 18.1 Å². The Labute approximate surface area is 158 Å². The molecule has 2 aromatic carbocycles. The lowest BCUT2D eigenvalue weighted by atomic mass is 10.2. The molecule has 0 fully saturated rings. The molecule has 3 aromatic rings. The fraction of sp³-hybridized carbons (Fsp3) is 0.0588. The normalized spacial score (nSPS) is 11.7. The number of aromatic nitrogens is 1. The van der Waals surface area contributed by atoms with Crippen molar-refractivity contribution in [1.29, 1.82) is 0 Å². The average molecular weight is 403 g/mol. The zero-order valence-electron chi connectivity index (χ0n) is 13.9. The molecule has 0 saturated carbocycles. The van der Waals surface area contributed by atoms with Crippen molar-refractivity contribution in [3.63, 3.8) is 0 Å². The summed E-state index contributed by atoms with van der Waals surface area (Å²) in [7, 11) is -3.32. The SMILES string of the molecule is CS(=O)(=O)c1ccc2nc(NC(=O)/C=C/c3cccc([N+](=O)[O-])c3)sc2c1. The second kappa shape index (κ2) is 7.25. The summed E-state index contributed by atoms with van der Waals surface area (Å²) >= 11 is 1.15. The highest BCUT2D eigenvalue weighted by Gasteiger charge is 2.11. The fourth-order valence-corrected chi connectivity index (χ4v) is 3.88. The van der Waals surface area contributed by atoms with E-state index >= 15 is 0 Å². The van der Waals surface area contributed by atoms with Gasteiger partial charge >= 0.3 is 0 Å². The molecule has 0 spiro atoms. The van der Waals surface area contributed by atoms with E-state index < -0.39 is 20.7 Å². The van der Waals surface area contributed by atoms with Gasteiger partial charge in [0.15, 0.2) is 15.0 Å². The van der Waals surface area contributed by atoms with Crippen LogP contribution >= 0.6 is 11.3 Å². The Hall–Kier alpha value is -3.11. The molecule has 0 aliphatic heterocycles. The number of carbonyl (C=O) groups excluding carboxylic acids is 1. The molecule has 10 heteroatoms. The fourth-order valence-electron chi connectivity index (χ4n) is 2.25. The molecule has 3 rings (SSSR count). The molecule has 0 atom stereocenters. The summed E-state index contributed by atoms with van der Waals surface area (Å²) in [6.45, 7) is 0. The Kier molecular flexibility index (Phi) is 5.02. The van der Waals surface area contributed by atoms with E-state index in [1.807, 2.05) is 0 Å². The van der Waals surface area contributed by atoms with E-state index in [1.54, 1.807) is 12.1 Å². The predicted molar refractivity (Wildman–Crippen MR) is 103 cm³/mol. The summed E-state index contributed by atoms with van der Waals surface area (Å²) in [5.74, 6) is -0.455. The summed E-state index contributed by atoms with van der Waals surface area (Å²) in [5.41, 5.74) is 1.03. The minimum atomic E-state index is -3.32.